The largest absolute Gasteiger partial charge is 0.495 e. The zero-order valence-electron chi connectivity index (χ0n) is 18.4. The van der Waals surface area contributed by atoms with Gasteiger partial charge >= 0.3 is 0 Å². The number of ether oxygens (including phenoxy) is 1. The standard InChI is InChI=1S/C23H27Cl2N3O4S/c1-32-21-8-7-19(25)15-22(21)33(30,31)28-9-3-4-17(16-28)23(29)27-12-10-26(11-13-27)20-6-2-5-18(24)14-20/h2,5-8,14-15,17H,3-4,9-13,16H2,1H3/t17-/m0/s1. The van der Waals surface area contributed by atoms with Gasteiger partial charge in [-0.3, -0.25) is 4.79 Å². The molecule has 0 aromatic heterocycles. The number of carbonyl (C=O) groups is 1. The molecule has 2 aromatic rings. The first-order valence-electron chi connectivity index (χ1n) is 10.9. The Labute approximate surface area is 204 Å². The lowest BCUT2D eigenvalue weighted by Crippen LogP contribution is -2.53. The first kappa shape index (κ1) is 24.1. The number of piperazine rings is 1. The average Bonchev–Trinajstić information content (AvgIpc) is 2.83. The molecule has 2 aromatic carbocycles. The van der Waals surface area contributed by atoms with Crippen LogP contribution in [0.4, 0.5) is 5.69 Å². The third-order valence-electron chi connectivity index (χ3n) is 6.24. The maximum Gasteiger partial charge on any atom is 0.246 e. The van der Waals surface area contributed by atoms with Crippen LogP contribution in [0.5, 0.6) is 5.75 Å². The summed E-state index contributed by atoms with van der Waals surface area (Å²) >= 11 is 12.2. The Kier molecular flexibility index (Phi) is 7.38. The van der Waals surface area contributed by atoms with Gasteiger partial charge < -0.3 is 14.5 Å². The molecule has 33 heavy (non-hydrogen) atoms. The minimum atomic E-state index is -3.84. The molecule has 1 amide bonds. The molecule has 178 valence electrons. The van der Waals surface area contributed by atoms with Gasteiger partial charge in [0.1, 0.15) is 10.6 Å². The molecule has 0 spiro atoms. The van der Waals surface area contributed by atoms with E-state index in [1.54, 1.807) is 12.1 Å². The van der Waals surface area contributed by atoms with Gasteiger partial charge in [0.05, 0.1) is 13.0 Å². The number of hydrogen-bond donors (Lipinski definition) is 0. The van der Waals surface area contributed by atoms with Gasteiger partial charge in [0.2, 0.25) is 15.9 Å². The van der Waals surface area contributed by atoms with Crippen LogP contribution >= 0.6 is 23.2 Å². The van der Waals surface area contributed by atoms with E-state index in [4.69, 9.17) is 27.9 Å². The van der Waals surface area contributed by atoms with Gasteiger partial charge in [-0.1, -0.05) is 29.3 Å². The monoisotopic (exact) mass is 511 g/mol. The molecule has 0 N–H and O–H groups in total. The van der Waals surface area contributed by atoms with Crippen molar-refractivity contribution in [1.82, 2.24) is 9.21 Å². The van der Waals surface area contributed by atoms with E-state index in [2.05, 4.69) is 4.90 Å². The summed E-state index contributed by atoms with van der Waals surface area (Å²) in [5, 5.41) is 1.00. The lowest BCUT2D eigenvalue weighted by molar-refractivity contribution is -0.137. The molecular weight excluding hydrogens is 485 g/mol. The van der Waals surface area contributed by atoms with E-state index >= 15 is 0 Å². The topological polar surface area (TPSA) is 70.2 Å². The van der Waals surface area contributed by atoms with Crippen molar-refractivity contribution in [2.75, 3.05) is 51.3 Å². The second-order valence-corrected chi connectivity index (χ2v) is 11.1. The predicted octanol–water partition coefficient (Wildman–Crippen LogP) is 3.75. The highest BCUT2D eigenvalue weighted by Crippen LogP contribution is 2.32. The molecule has 0 radical (unpaired) electrons. The van der Waals surface area contributed by atoms with E-state index in [1.165, 1.54) is 17.5 Å². The molecule has 2 saturated heterocycles. The molecule has 2 aliphatic rings. The summed E-state index contributed by atoms with van der Waals surface area (Å²) in [5.41, 5.74) is 1.04. The smallest absolute Gasteiger partial charge is 0.246 e. The van der Waals surface area contributed by atoms with E-state index < -0.39 is 10.0 Å². The molecule has 0 unspecified atom stereocenters. The highest BCUT2D eigenvalue weighted by molar-refractivity contribution is 7.89. The molecule has 7 nitrogen and oxygen atoms in total. The second-order valence-electron chi connectivity index (χ2n) is 8.29. The Morgan fingerprint density at radius 3 is 2.42 bits per heavy atom. The van der Waals surface area contributed by atoms with Crippen molar-refractivity contribution in [3.63, 3.8) is 0 Å². The minimum absolute atomic E-state index is 0.0127. The normalized spacial score (nSPS) is 20.0. The molecule has 2 aliphatic heterocycles. The highest BCUT2D eigenvalue weighted by Gasteiger charge is 2.37. The molecule has 10 heteroatoms. The lowest BCUT2D eigenvalue weighted by Gasteiger charge is -2.39. The summed E-state index contributed by atoms with van der Waals surface area (Å²) in [4.78, 5) is 17.3. The van der Waals surface area contributed by atoms with E-state index in [0.29, 0.717) is 55.6 Å². The summed E-state index contributed by atoms with van der Waals surface area (Å²) in [6.45, 7) is 3.13. The Hall–Kier alpha value is -2.00. The minimum Gasteiger partial charge on any atom is -0.495 e. The van der Waals surface area contributed by atoms with Gasteiger partial charge in [0.25, 0.3) is 0 Å². The summed E-state index contributed by atoms with van der Waals surface area (Å²) in [6, 6.07) is 12.2. The fraction of sp³-hybridized carbons (Fsp3) is 0.435. The third-order valence-corrected chi connectivity index (χ3v) is 8.60. The van der Waals surface area contributed by atoms with E-state index in [-0.39, 0.29) is 29.0 Å². The number of anilines is 1. The Bertz CT molecular complexity index is 1120. The Balaban J connectivity index is 1.42. The van der Waals surface area contributed by atoms with Crippen LogP contribution in [-0.4, -0.2) is 69.9 Å². The third kappa shape index (κ3) is 5.24. The van der Waals surface area contributed by atoms with Gasteiger partial charge in [-0.15, -0.1) is 0 Å². The number of hydrogen-bond acceptors (Lipinski definition) is 5. The van der Waals surface area contributed by atoms with E-state index in [0.717, 1.165) is 5.69 Å². The number of nitrogens with zero attached hydrogens (tertiary/aromatic N) is 3. The zero-order valence-corrected chi connectivity index (χ0v) is 20.7. The number of amides is 1. The quantitative estimate of drug-likeness (QED) is 0.611. The van der Waals surface area contributed by atoms with Crippen LogP contribution in [0.2, 0.25) is 10.0 Å². The SMILES string of the molecule is COc1ccc(Cl)cc1S(=O)(=O)N1CCC[C@H](C(=O)N2CCN(c3cccc(Cl)c3)CC2)C1. The fourth-order valence-corrected chi connectivity index (χ4v) is 6.60. The number of halogens is 2. The van der Waals surface area contributed by atoms with Gasteiger partial charge in [0.15, 0.2) is 0 Å². The first-order chi connectivity index (χ1) is 15.8. The lowest BCUT2D eigenvalue weighted by atomic mass is 9.97. The molecule has 2 heterocycles. The van der Waals surface area contributed by atoms with Crippen molar-refractivity contribution in [1.29, 1.82) is 0 Å². The summed E-state index contributed by atoms with van der Waals surface area (Å²) < 4.78 is 33.3. The second kappa shape index (κ2) is 10.1. The number of carbonyl (C=O) groups excluding carboxylic acids is 1. The van der Waals surface area contributed by atoms with Crippen molar-refractivity contribution in [3.05, 3.63) is 52.5 Å². The van der Waals surface area contributed by atoms with Crippen LogP contribution in [0.3, 0.4) is 0 Å². The molecule has 2 fully saturated rings. The maximum atomic E-state index is 13.3. The van der Waals surface area contributed by atoms with E-state index in [9.17, 15) is 13.2 Å². The van der Waals surface area contributed by atoms with Crippen LogP contribution in [0.1, 0.15) is 12.8 Å². The predicted molar refractivity (Wildman–Crippen MR) is 130 cm³/mol. The number of piperidine rings is 1. The molecule has 1 atom stereocenters. The fourth-order valence-electron chi connectivity index (χ4n) is 4.47. The van der Waals surface area contributed by atoms with Crippen LogP contribution in [0.25, 0.3) is 0 Å². The van der Waals surface area contributed by atoms with Crippen molar-refractivity contribution in [3.8, 4) is 5.75 Å². The number of sulfonamides is 1. The molecule has 0 aliphatic carbocycles. The van der Waals surface area contributed by atoms with Crippen LogP contribution in [-0.2, 0) is 14.8 Å². The zero-order chi connectivity index (χ0) is 23.6. The number of benzene rings is 2. The number of rotatable bonds is 5. The van der Waals surface area contributed by atoms with Crippen molar-refractivity contribution in [2.24, 2.45) is 5.92 Å². The summed E-state index contributed by atoms with van der Waals surface area (Å²) in [6.07, 6.45) is 1.30. The maximum absolute atomic E-state index is 13.3. The summed E-state index contributed by atoms with van der Waals surface area (Å²) in [5.74, 6) is -0.111. The van der Waals surface area contributed by atoms with Gasteiger partial charge in [-0.05, 0) is 49.2 Å². The van der Waals surface area contributed by atoms with Crippen LogP contribution < -0.4 is 9.64 Å². The highest BCUT2D eigenvalue weighted by atomic mass is 35.5. The first-order valence-corrected chi connectivity index (χ1v) is 13.1. The van der Waals surface area contributed by atoms with Gasteiger partial charge in [-0.2, -0.15) is 4.31 Å². The summed E-state index contributed by atoms with van der Waals surface area (Å²) in [7, 11) is -2.42. The number of methoxy groups -OCH3 is 1. The van der Waals surface area contributed by atoms with Gasteiger partial charge in [0, 0.05) is 55.0 Å². The molecule has 4 rings (SSSR count). The van der Waals surface area contributed by atoms with Crippen molar-refractivity contribution in [2.45, 2.75) is 17.7 Å². The molecular formula is C23H27Cl2N3O4S. The van der Waals surface area contributed by atoms with Gasteiger partial charge in [-0.25, -0.2) is 8.42 Å². The average molecular weight is 512 g/mol. The molecule has 0 bridgehead atoms. The van der Waals surface area contributed by atoms with Crippen LogP contribution in [0, 0.1) is 5.92 Å². The van der Waals surface area contributed by atoms with Crippen LogP contribution in [0.15, 0.2) is 47.4 Å². The van der Waals surface area contributed by atoms with E-state index in [1.807, 2.05) is 29.2 Å². The Morgan fingerprint density at radius 2 is 1.73 bits per heavy atom. The van der Waals surface area contributed by atoms with Crippen molar-refractivity contribution < 1.29 is 17.9 Å². The van der Waals surface area contributed by atoms with Crippen molar-refractivity contribution >= 4 is 44.8 Å². The Morgan fingerprint density at radius 1 is 1.00 bits per heavy atom. The molecule has 0 saturated carbocycles.